The molecule has 1 heterocycles. The lowest BCUT2D eigenvalue weighted by atomic mass is 9.79. The topological polar surface area (TPSA) is 24.9 Å². The number of para-hydroxylation sites is 1. The Kier molecular flexibility index (Phi) is 5.43. The minimum absolute atomic E-state index is 0.0292. The quantitative estimate of drug-likeness (QED) is 0.305. The summed E-state index contributed by atoms with van der Waals surface area (Å²) in [5, 5.41) is 0. The van der Waals surface area contributed by atoms with Crippen molar-refractivity contribution in [3.8, 4) is 11.5 Å². The summed E-state index contributed by atoms with van der Waals surface area (Å²) in [5.74, 6) is 1.70. The molecular weight excluding hydrogens is 408 g/mol. The van der Waals surface area contributed by atoms with E-state index in [1.54, 1.807) is 14.2 Å². The van der Waals surface area contributed by atoms with Gasteiger partial charge in [0.15, 0.2) is 0 Å². The number of anilines is 4. The van der Waals surface area contributed by atoms with Crippen molar-refractivity contribution in [2.75, 3.05) is 38.1 Å². The van der Waals surface area contributed by atoms with E-state index >= 15 is 0 Å². The van der Waals surface area contributed by atoms with Crippen LogP contribution in [0.4, 0.5) is 22.7 Å². The van der Waals surface area contributed by atoms with Crippen LogP contribution in [-0.2, 0) is 0 Å². The summed E-state index contributed by atoms with van der Waals surface area (Å²) < 4.78 is 12.0. The fourth-order valence-electron chi connectivity index (χ4n) is 4.80. The summed E-state index contributed by atoms with van der Waals surface area (Å²) in [5.41, 5.74) is 7.88. The summed E-state index contributed by atoms with van der Waals surface area (Å²) in [6, 6.07) is 31.7. The number of hydrogen-bond donors (Lipinski definition) is 0. The van der Waals surface area contributed by atoms with Crippen molar-refractivity contribution in [1.82, 2.24) is 0 Å². The molecule has 1 aliphatic rings. The molecule has 0 aliphatic carbocycles. The maximum absolute atomic E-state index is 6.03. The Balaban J connectivity index is 1.91. The zero-order chi connectivity index (χ0) is 22.9. The zero-order valence-corrected chi connectivity index (χ0v) is 19.4. The molecule has 33 heavy (non-hydrogen) atoms. The number of rotatable bonds is 5. The molecule has 0 fully saturated rings. The van der Waals surface area contributed by atoms with E-state index in [1.807, 2.05) is 12.1 Å². The van der Waals surface area contributed by atoms with Gasteiger partial charge in [-0.05, 0) is 35.9 Å². The molecule has 0 aromatic heterocycles. The first-order chi connectivity index (χ1) is 16.1. The fraction of sp³-hybridized carbons (Fsp3) is 0.172. The third-order valence-corrected chi connectivity index (χ3v) is 6.31. The van der Waals surface area contributed by atoms with E-state index in [-0.39, 0.29) is 5.92 Å². The molecule has 166 valence electrons. The number of benzene rings is 4. The van der Waals surface area contributed by atoms with E-state index in [0.717, 1.165) is 45.4 Å². The van der Waals surface area contributed by atoms with Gasteiger partial charge < -0.3 is 19.3 Å². The molecule has 0 bridgehead atoms. The Morgan fingerprint density at radius 1 is 0.667 bits per heavy atom. The van der Waals surface area contributed by atoms with Gasteiger partial charge in [-0.3, -0.25) is 0 Å². The molecular formula is C29H28N2O2. The van der Waals surface area contributed by atoms with Crippen LogP contribution in [0.2, 0.25) is 0 Å². The predicted molar refractivity (Wildman–Crippen MR) is 136 cm³/mol. The van der Waals surface area contributed by atoms with Gasteiger partial charge >= 0.3 is 0 Å². The molecule has 4 aromatic carbocycles. The Labute approximate surface area is 195 Å². The van der Waals surface area contributed by atoms with Crippen molar-refractivity contribution in [3.05, 3.63) is 108 Å². The summed E-state index contributed by atoms with van der Waals surface area (Å²) in [4.78, 5) is 4.44. The molecule has 1 unspecified atom stereocenters. The number of ether oxygens (including phenoxy) is 2. The Morgan fingerprint density at radius 3 is 1.94 bits per heavy atom. The first kappa shape index (κ1) is 21.0. The lowest BCUT2D eigenvalue weighted by molar-refractivity contribution is 0.402. The van der Waals surface area contributed by atoms with Gasteiger partial charge in [-0.15, -0.1) is 0 Å². The molecule has 0 saturated carbocycles. The van der Waals surface area contributed by atoms with Crippen molar-refractivity contribution in [2.24, 2.45) is 0 Å². The molecule has 1 aliphatic heterocycles. The predicted octanol–water partition coefficient (Wildman–Crippen LogP) is 6.73. The van der Waals surface area contributed by atoms with Crippen molar-refractivity contribution in [1.29, 1.82) is 0 Å². The van der Waals surface area contributed by atoms with Gasteiger partial charge in [0.05, 0.1) is 25.6 Å². The molecule has 5 rings (SSSR count). The number of fused-ring (bicyclic) bond motifs is 2. The lowest BCUT2D eigenvalue weighted by Gasteiger charge is -2.40. The van der Waals surface area contributed by atoms with Crippen molar-refractivity contribution < 1.29 is 9.47 Å². The largest absolute Gasteiger partial charge is 0.496 e. The van der Waals surface area contributed by atoms with Gasteiger partial charge in [0.2, 0.25) is 0 Å². The average Bonchev–Trinajstić information content (AvgIpc) is 2.87. The molecule has 0 N–H and O–H groups in total. The SMILES string of the molecule is COc1cccc2c1C(c1ccccc1)c1c(OC)cc(N(C)C)cc1N2c1ccccc1. The van der Waals surface area contributed by atoms with E-state index in [2.05, 4.69) is 103 Å². The molecule has 0 saturated heterocycles. The summed E-state index contributed by atoms with van der Waals surface area (Å²) in [7, 11) is 7.61. The van der Waals surface area contributed by atoms with Crippen molar-refractivity contribution in [3.63, 3.8) is 0 Å². The van der Waals surface area contributed by atoms with Gasteiger partial charge in [0, 0.05) is 48.6 Å². The highest BCUT2D eigenvalue weighted by Gasteiger charge is 2.37. The monoisotopic (exact) mass is 436 g/mol. The summed E-state index contributed by atoms with van der Waals surface area (Å²) >= 11 is 0. The summed E-state index contributed by atoms with van der Waals surface area (Å²) in [6.07, 6.45) is 0. The van der Waals surface area contributed by atoms with E-state index in [9.17, 15) is 0 Å². The smallest absolute Gasteiger partial charge is 0.127 e. The molecule has 4 aromatic rings. The minimum Gasteiger partial charge on any atom is -0.496 e. The first-order valence-corrected chi connectivity index (χ1v) is 11.1. The van der Waals surface area contributed by atoms with Gasteiger partial charge in [0.25, 0.3) is 0 Å². The van der Waals surface area contributed by atoms with Crippen LogP contribution < -0.4 is 19.3 Å². The van der Waals surface area contributed by atoms with Gasteiger partial charge in [0.1, 0.15) is 11.5 Å². The maximum Gasteiger partial charge on any atom is 0.127 e. The van der Waals surface area contributed by atoms with Crippen molar-refractivity contribution in [2.45, 2.75) is 5.92 Å². The minimum atomic E-state index is -0.0292. The van der Waals surface area contributed by atoms with E-state index in [4.69, 9.17) is 9.47 Å². The van der Waals surface area contributed by atoms with Crippen LogP contribution in [0, 0.1) is 0 Å². The zero-order valence-electron chi connectivity index (χ0n) is 19.4. The number of nitrogens with zero attached hydrogens (tertiary/aromatic N) is 2. The molecule has 1 atom stereocenters. The van der Waals surface area contributed by atoms with Gasteiger partial charge in [-0.25, -0.2) is 0 Å². The van der Waals surface area contributed by atoms with E-state index in [0.29, 0.717) is 0 Å². The van der Waals surface area contributed by atoms with Crippen LogP contribution in [0.15, 0.2) is 91.0 Å². The highest BCUT2D eigenvalue weighted by Crippen LogP contribution is 2.57. The second kappa shape index (κ2) is 8.55. The van der Waals surface area contributed by atoms with E-state index in [1.165, 1.54) is 5.56 Å². The van der Waals surface area contributed by atoms with Crippen molar-refractivity contribution >= 4 is 22.7 Å². The molecule has 4 heteroatoms. The van der Waals surface area contributed by atoms with E-state index < -0.39 is 0 Å². The highest BCUT2D eigenvalue weighted by molar-refractivity contribution is 5.90. The Hall–Kier alpha value is -3.92. The van der Waals surface area contributed by atoms with Crippen LogP contribution in [0.5, 0.6) is 11.5 Å². The Bertz CT molecular complexity index is 1270. The third-order valence-electron chi connectivity index (χ3n) is 6.31. The fourth-order valence-corrected chi connectivity index (χ4v) is 4.80. The number of methoxy groups -OCH3 is 2. The second-order valence-electron chi connectivity index (χ2n) is 8.38. The standard InChI is InChI=1S/C29H28N2O2/c1-30(2)22-18-24-29(26(19-22)33-4)27(20-12-7-5-8-13-20)28-23(16-11-17-25(28)32-3)31(24)21-14-9-6-10-15-21/h5-19,27H,1-4H3. The lowest BCUT2D eigenvalue weighted by Crippen LogP contribution is -2.24. The molecule has 0 radical (unpaired) electrons. The van der Waals surface area contributed by atoms with Crippen LogP contribution in [0.3, 0.4) is 0 Å². The first-order valence-electron chi connectivity index (χ1n) is 11.1. The van der Waals surface area contributed by atoms with Gasteiger partial charge in [-0.2, -0.15) is 0 Å². The molecule has 4 nitrogen and oxygen atoms in total. The summed E-state index contributed by atoms with van der Waals surface area (Å²) in [6.45, 7) is 0. The van der Waals surface area contributed by atoms with Crippen LogP contribution in [0.1, 0.15) is 22.6 Å². The van der Waals surface area contributed by atoms with Crippen LogP contribution in [-0.4, -0.2) is 28.3 Å². The average molecular weight is 437 g/mol. The van der Waals surface area contributed by atoms with Crippen LogP contribution >= 0.6 is 0 Å². The molecule has 0 spiro atoms. The number of hydrogen-bond acceptors (Lipinski definition) is 4. The third kappa shape index (κ3) is 3.48. The Morgan fingerprint density at radius 2 is 1.30 bits per heavy atom. The van der Waals surface area contributed by atoms with Crippen LogP contribution in [0.25, 0.3) is 0 Å². The molecule has 0 amide bonds. The highest BCUT2D eigenvalue weighted by atomic mass is 16.5. The van der Waals surface area contributed by atoms with Gasteiger partial charge in [-0.1, -0.05) is 54.6 Å². The maximum atomic E-state index is 6.03. The normalized spacial score (nSPS) is 14.3. The second-order valence-corrected chi connectivity index (χ2v) is 8.38.